The fourth-order valence-electron chi connectivity index (χ4n) is 0.734. The van der Waals surface area contributed by atoms with E-state index in [0.717, 1.165) is 0 Å². The zero-order valence-corrected chi connectivity index (χ0v) is 8.38. The van der Waals surface area contributed by atoms with Crippen molar-refractivity contribution >= 4 is 10.0 Å². The summed E-state index contributed by atoms with van der Waals surface area (Å²) in [5.41, 5.74) is 0. The average molecular weight is 212 g/mol. The molecule has 0 aromatic carbocycles. The molecule has 7 heteroatoms. The van der Waals surface area contributed by atoms with Crippen molar-refractivity contribution in [2.45, 2.75) is 6.10 Å². The van der Waals surface area contributed by atoms with Crippen LogP contribution in [0, 0.1) is 0 Å². The van der Waals surface area contributed by atoms with Gasteiger partial charge in [0.05, 0.1) is 18.5 Å². The minimum atomic E-state index is -3.41. The molecule has 0 amide bonds. The van der Waals surface area contributed by atoms with Crippen LogP contribution >= 0.6 is 0 Å². The van der Waals surface area contributed by atoms with E-state index in [1.54, 1.807) is 0 Å². The van der Waals surface area contributed by atoms with Gasteiger partial charge in [-0.1, -0.05) is 0 Å². The van der Waals surface area contributed by atoms with Gasteiger partial charge in [-0.3, -0.25) is 0 Å². The van der Waals surface area contributed by atoms with Gasteiger partial charge in [-0.05, 0) is 0 Å². The molecular formula is C6H16N2O4S. The van der Waals surface area contributed by atoms with Crippen LogP contribution in [0.2, 0.25) is 0 Å². The third-order valence-corrected chi connectivity index (χ3v) is 2.08. The molecule has 0 radical (unpaired) electrons. The monoisotopic (exact) mass is 212 g/mol. The first-order valence-electron chi connectivity index (χ1n) is 3.84. The minimum Gasteiger partial charge on any atom is -0.389 e. The molecule has 1 unspecified atom stereocenters. The van der Waals surface area contributed by atoms with E-state index in [0.29, 0.717) is 6.54 Å². The number of rotatable bonds is 7. The quantitative estimate of drug-likeness (QED) is 0.418. The SMILES string of the molecule is COCC(O)CNCCS(N)(=O)=O. The van der Waals surface area contributed by atoms with Crippen LogP contribution in [0.5, 0.6) is 0 Å². The predicted octanol–water partition coefficient (Wildman–Crippen LogP) is -2.13. The van der Waals surface area contributed by atoms with Crippen LogP contribution in [-0.2, 0) is 14.8 Å². The van der Waals surface area contributed by atoms with Crippen molar-refractivity contribution in [3.8, 4) is 0 Å². The summed E-state index contributed by atoms with van der Waals surface area (Å²) in [6, 6.07) is 0. The molecule has 80 valence electrons. The number of nitrogens with one attached hydrogen (secondary N) is 1. The molecule has 0 fully saturated rings. The van der Waals surface area contributed by atoms with Gasteiger partial charge in [0.2, 0.25) is 10.0 Å². The molecule has 1 atom stereocenters. The second-order valence-corrected chi connectivity index (χ2v) is 4.41. The van der Waals surface area contributed by atoms with Gasteiger partial charge < -0.3 is 15.2 Å². The molecule has 4 N–H and O–H groups in total. The summed E-state index contributed by atoms with van der Waals surface area (Å²) in [6.45, 7) is 0.755. The summed E-state index contributed by atoms with van der Waals surface area (Å²) in [4.78, 5) is 0. The average Bonchev–Trinajstić information content (AvgIpc) is 1.97. The highest BCUT2D eigenvalue weighted by atomic mass is 32.2. The van der Waals surface area contributed by atoms with Gasteiger partial charge in [-0.25, -0.2) is 13.6 Å². The molecule has 0 aliphatic carbocycles. The van der Waals surface area contributed by atoms with Crippen LogP contribution in [0.25, 0.3) is 0 Å². The lowest BCUT2D eigenvalue weighted by molar-refractivity contribution is 0.0650. The van der Waals surface area contributed by atoms with Crippen molar-refractivity contribution in [2.75, 3.05) is 32.6 Å². The van der Waals surface area contributed by atoms with Gasteiger partial charge in [0.15, 0.2) is 0 Å². The summed E-state index contributed by atoms with van der Waals surface area (Å²) in [5.74, 6) is -0.132. The number of hydrogen-bond donors (Lipinski definition) is 3. The summed E-state index contributed by atoms with van der Waals surface area (Å²) >= 11 is 0. The maximum atomic E-state index is 10.5. The Morgan fingerprint density at radius 2 is 2.23 bits per heavy atom. The Hall–Kier alpha value is -0.210. The van der Waals surface area contributed by atoms with E-state index in [9.17, 15) is 8.42 Å². The molecule has 0 aromatic heterocycles. The normalized spacial score (nSPS) is 14.4. The van der Waals surface area contributed by atoms with E-state index in [2.05, 4.69) is 10.1 Å². The summed E-state index contributed by atoms with van der Waals surface area (Å²) in [5, 5.41) is 16.6. The van der Waals surface area contributed by atoms with E-state index in [4.69, 9.17) is 10.2 Å². The molecule has 0 saturated heterocycles. The second-order valence-electron chi connectivity index (χ2n) is 2.68. The summed E-state index contributed by atoms with van der Waals surface area (Å²) < 4.78 is 25.6. The maximum Gasteiger partial charge on any atom is 0.210 e. The third-order valence-electron chi connectivity index (χ3n) is 1.30. The van der Waals surface area contributed by atoms with Gasteiger partial charge in [0.25, 0.3) is 0 Å². The first kappa shape index (κ1) is 12.8. The summed E-state index contributed by atoms with van der Waals surface area (Å²) in [6.07, 6.45) is -0.620. The Morgan fingerprint density at radius 1 is 1.62 bits per heavy atom. The van der Waals surface area contributed by atoms with Crippen molar-refractivity contribution in [1.82, 2.24) is 5.32 Å². The molecule has 6 nitrogen and oxygen atoms in total. The topological polar surface area (TPSA) is 102 Å². The molecule has 0 saturated carbocycles. The molecular weight excluding hydrogens is 196 g/mol. The number of aliphatic hydroxyl groups excluding tert-OH is 1. The van der Waals surface area contributed by atoms with Gasteiger partial charge in [0, 0.05) is 20.2 Å². The Morgan fingerprint density at radius 3 is 2.69 bits per heavy atom. The van der Waals surface area contributed by atoms with Crippen molar-refractivity contribution in [3.05, 3.63) is 0 Å². The van der Waals surface area contributed by atoms with Crippen LogP contribution in [0.15, 0.2) is 0 Å². The number of hydrogen-bond acceptors (Lipinski definition) is 5. The van der Waals surface area contributed by atoms with E-state index in [-0.39, 0.29) is 18.9 Å². The molecule has 0 aliphatic rings. The summed E-state index contributed by atoms with van der Waals surface area (Å²) in [7, 11) is -1.93. The van der Waals surface area contributed by atoms with Crippen LogP contribution < -0.4 is 10.5 Å². The smallest absolute Gasteiger partial charge is 0.210 e. The Balaban J connectivity index is 3.36. The van der Waals surface area contributed by atoms with E-state index >= 15 is 0 Å². The molecule has 0 heterocycles. The zero-order valence-electron chi connectivity index (χ0n) is 7.56. The number of methoxy groups -OCH3 is 1. The Labute approximate surface area is 78.1 Å². The highest BCUT2D eigenvalue weighted by molar-refractivity contribution is 7.89. The lowest BCUT2D eigenvalue weighted by atomic mass is 10.4. The number of ether oxygens (including phenoxy) is 1. The van der Waals surface area contributed by atoms with Crippen molar-refractivity contribution in [2.24, 2.45) is 5.14 Å². The molecule has 0 bridgehead atoms. The Kier molecular flexibility index (Phi) is 6.17. The number of nitrogens with two attached hydrogens (primary N) is 1. The minimum absolute atomic E-state index is 0.132. The highest BCUT2D eigenvalue weighted by Gasteiger charge is 2.04. The van der Waals surface area contributed by atoms with Crippen LogP contribution in [-0.4, -0.2) is 52.2 Å². The molecule has 0 rings (SSSR count). The van der Waals surface area contributed by atoms with Gasteiger partial charge in [-0.15, -0.1) is 0 Å². The first-order valence-corrected chi connectivity index (χ1v) is 5.55. The first-order chi connectivity index (χ1) is 5.95. The largest absolute Gasteiger partial charge is 0.389 e. The number of primary sulfonamides is 1. The lowest BCUT2D eigenvalue weighted by Crippen LogP contribution is -2.34. The standard InChI is InChI=1S/C6H16N2O4S/c1-12-5-6(9)4-8-2-3-13(7,10)11/h6,8-9H,2-5H2,1H3,(H2,7,10,11). The number of aliphatic hydroxyl groups is 1. The van der Waals surface area contributed by atoms with Crippen LogP contribution in [0.4, 0.5) is 0 Å². The van der Waals surface area contributed by atoms with Crippen LogP contribution in [0.1, 0.15) is 0 Å². The second kappa shape index (κ2) is 6.28. The fourth-order valence-corrected chi connectivity index (χ4v) is 1.16. The van der Waals surface area contributed by atoms with Gasteiger partial charge >= 0.3 is 0 Å². The molecule has 13 heavy (non-hydrogen) atoms. The molecule has 0 aromatic rings. The van der Waals surface area contributed by atoms with E-state index in [1.807, 2.05) is 0 Å². The van der Waals surface area contributed by atoms with E-state index < -0.39 is 16.1 Å². The van der Waals surface area contributed by atoms with Crippen molar-refractivity contribution in [3.63, 3.8) is 0 Å². The van der Waals surface area contributed by atoms with Crippen LogP contribution in [0.3, 0.4) is 0 Å². The van der Waals surface area contributed by atoms with Gasteiger partial charge in [0.1, 0.15) is 0 Å². The third kappa shape index (κ3) is 9.71. The van der Waals surface area contributed by atoms with Crippen molar-refractivity contribution in [1.29, 1.82) is 0 Å². The lowest BCUT2D eigenvalue weighted by Gasteiger charge is -2.09. The fraction of sp³-hybridized carbons (Fsp3) is 1.00. The highest BCUT2D eigenvalue weighted by Crippen LogP contribution is 1.81. The Bertz CT molecular complexity index is 217. The molecule has 0 aliphatic heterocycles. The predicted molar refractivity (Wildman–Crippen MR) is 48.7 cm³/mol. The van der Waals surface area contributed by atoms with Crippen molar-refractivity contribution < 1.29 is 18.3 Å². The van der Waals surface area contributed by atoms with Gasteiger partial charge in [-0.2, -0.15) is 0 Å². The molecule has 0 spiro atoms. The number of sulfonamides is 1. The zero-order chi connectivity index (χ0) is 10.3. The maximum absolute atomic E-state index is 10.5. The van der Waals surface area contributed by atoms with E-state index in [1.165, 1.54) is 7.11 Å².